The van der Waals surface area contributed by atoms with Crippen LogP contribution in [-0.4, -0.2) is 5.91 Å². The minimum Gasteiger partial charge on any atom is -0.399 e. The zero-order valence-electron chi connectivity index (χ0n) is 14.5. The van der Waals surface area contributed by atoms with Crippen molar-refractivity contribution in [3.05, 3.63) is 82.9 Å². The summed E-state index contributed by atoms with van der Waals surface area (Å²) in [5, 5.41) is 2.65. The number of nitrogens with one attached hydrogen (secondary N) is 1. The number of anilines is 2. The molecule has 0 aromatic heterocycles. The van der Waals surface area contributed by atoms with Crippen molar-refractivity contribution in [3.8, 4) is 0 Å². The molecule has 28 heavy (non-hydrogen) atoms. The first-order valence-electron chi connectivity index (χ1n) is 8.48. The largest absolute Gasteiger partial charge is 0.416 e. The number of hydrogen-bond acceptors (Lipinski definition) is 3. The first-order valence-corrected chi connectivity index (χ1v) is 9.30. The first-order chi connectivity index (χ1) is 13.3. The molecule has 4 rings (SSSR count). The number of benzene rings is 3. The molecule has 0 radical (unpaired) electrons. The van der Waals surface area contributed by atoms with Gasteiger partial charge in [0.15, 0.2) is 0 Å². The molecule has 1 aliphatic heterocycles. The van der Waals surface area contributed by atoms with Crippen LogP contribution in [0.15, 0.2) is 70.5 Å². The highest BCUT2D eigenvalue weighted by molar-refractivity contribution is 7.99. The molecule has 0 saturated heterocycles. The van der Waals surface area contributed by atoms with E-state index in [2.05, 4.69) is 5.32 Å². The van der Waals surface area contributed by atoms with Gasteiger partial charge in [0, 0.05) is 33.2 Å². The van der Waals surface area contributed by atoms with Crippen molar-refractivity contribution in [1.82, 2.24) is 0 Å². The Hall–Kier alpha value is -2.93. The summed E-state index contributed by atoms with van der Waals surface area (Å²) in [7, 11) is 0. The van der Waals surface area contributed by atoms with E-state index in [9.17, 15) is 18.0 Å². The normalized spacial score (nSPS) is 12.8. The zero-order valence-corrected chi connectivity index (χ0v) is 15.3. The van der Waals surface area contributed by atoms with Gasteiger partial charge in [0.05, 0.1) is 5.56 Å². The van der Waals surface area contributed by atoms with Crippen LogP contribution in [-0.2, 0) is 12.6 Å². The molecule has 0 fully saturated rings. The lowest BCUT2D eigenvalue weighted by molar-refractivity contribution is -0.137. The maximum atomic E-state index is 13.4. The molecule has 0 aliphatic carbocycles. The van der Waals surface area contributed by atoms with Crippen molar-refractivity contribution in [2.24, 2.45) is 0 Å². The molecule has 0 spiro atoms. The highest BCUT2D eigenvalue weighted by Gasteiger charge is 2.33. The van der Waals surface area contributed by atoms with Gasteiger partial charge in [0.1, 0.15) is 0 Å². The smallest absolute Gasteiger partial charge is 0.399 e. The number of nitrogens with two attached hydrogens (primary N) is 1. The lowest BCUT2D eigenvalue weighted by atomic mass is 9.99. The van der Waals surface area contributed by atoms with Gasteiger partial charge < -0.3 is 11.1 Å². The van der Waals surface area contributed by atoms with Crippen LogP contribution in [0.2, 0.25) is 0 Å². The third kappa shape index (κ3) is 3.57. The molecule has 0 bridgehead atoms. The summed E-state index contributed by atoms with van der Waals surface area (Å²) in [6, 6.07) is 16.0. The number of nitrogen functional groups attached to an aromatic ring is 1. The van der Waals surface area contributed by atoms with Crippen molar-refractivity contribution in [2.75, 3.05) is 11.1 Å². The highest BCUT2D eigenvalue weighted by Crippen LogP contribution is 2.45. The number of carbonyl (C=O) groups excluding carboxylic acids is 1. The van der Waals surface area contributed by atoms with Crippen LogP contribution in [0.3, 0.4) is 0 Å². The molecular weight excluding hydrogens is 385 g/mol. The molecule has 0 saturated carbocycles. The predicted molar refractivity (Wildman–Crippen MR) is 104 cm³/mol. The number of fused-ring (bicyclic) bond motifs is 2. The van der Waals surface area contributed by atoms with Crippen molar-refractivity contribution >= 4 is 29.0 Å². The maximum Gasteiger partial charge on any atom is 0.416 e. The quantitative estimate of drug-likeness (QED) is 0.431. The summed E-state index contributed by atoms with van der Waals surface area (Å²) in [4.78, 5) is 14.0. The molecule has 0 atom stereocenters. The third-order valence-corrected chi connectivity index (χ3v) is 5.70. The average molecular weight is 400 g/mol. The van der Waals surface area contributed by atoms with E-state index in [-0.39, 0.29) is 11.3 Å². The Kier molecular flexibility index (Phi) is 4.55. The second-order valence-electron chi connectivity index (χ2n) is 6.46. The number of amides is 1. The summed E-state index contributed by atoms with van der Waals surface area (Å²) >= 11 is 1.28. The molecule has 7 heteroatoms. The molecule has 0 unspecified atom stereocenters. The van der Waals surface area contributed by atoms with E-state index in [4.69, 9.17) is 5.73 Å². The summed E-state index contributed by atoms with van der Waals surface area (Å²) < 4.78 is 40.2. The Morgan fingerprint density at radius 3 is 2.54 bits per heavy atom. The standard InChI is InChI=1S/C21H15F3N2OS/c22-21(23,24)14-10-17(26-20(27)13-5-3-6-15(25)8-13)16-9-12-4-1-2-7-18(12)28-19(16)11-14/h1-8,10-11H,9,25H2,(H,26,27). The topological polar surface area (TPSA) is 55.1 Å². The summed E-state index contributed by atoms with van der Waals surface area (Å²) in [5.41, 5.74) is 7.46. The second-order valence-corrected chi connectivity index (χ2v) is 7.55. The van der Waals surface area contributed by atoms with Gasteiger partial charge in [-0.15, -0.1) is 0 Å². The Bertz CT molecular complexity index is 1080. The molecule has 1 heterocycles. The molecular formula is C21H15F3N2OS. The SMILES string of the molecule is Nc1cccc(C(=O)Nc2cc(C(F)(F)F)cc3c2Cc2ccccc2S3)c1. The Labute approximate surface area is 163 Å². The lowest BCUT2D eigenvalue weighted by Gasteiger charge is -2.23. The van der Waals surface area contributed by atoms with Gasteiger partial charge >= 0.3 is 6.18 Å². The minimum absolute atomic E-state index is 0.166. The maximum absolute atomic E-state index is 13.4. The van der Waals surface area contributed by atoms with E-state index < -0.39 is 17.6 Å². The third-order valence-electron chi connectivity index (χ3n) is 4.49. The van der Waals surface area contributed by atoms with Gasteiger partial charge in [-0.2, -0.15) is 13.2 Å². The first kappa shape index (κ1) is 18.4. The van der Waals surface area contributed by atoms with E-state index in [1.54, 1.807) is 18.2 Å². The van der Waals surface area contributed by atoms with Gasteiger partial charge in [-0.25, -0.2) is 0 Å². The van der Waals surface area contributed by atoms with Crippen molar-refractivity contribution in [2.45, 2.75) is 22.4 Å². The monoisotopic (exact) mass is 400 g/mol. The Balaban J connectivity index is 1.77. The number of halogens is 3. The van der Waals surface area contributed by atoms with Crippen LogP contribution in [0.25, 0.3) is 0 Å². The number of rotatable bonds is 2. The molecule has 1 amide bonds. The summed E-state index contributed by atoms with van der Waals surface area (Å²) in [5.74, 6) is -0.502. The lowest BCUT2D eigenvalue weighted by Crippen LogP contribution is -2.17. The van der Waals surface area contributed by atoms with E-state index in [1.165, 1.54) is 17.8 Å². The highest BCUT2D eigenvalue weighted by atomic mass is 32.2. The van der Waals surface area contributed by atoms with E-state index in [0.29, 0.717) is 22.6 Å². The molecule has 1 aliphatic rings. The zero-order chi connectivity index (χ0) is 19.9. The second kappa shape index (κ2) is 6.91. The van der Waals surface area contributed by atoms with E-state index in [1.807, 2.05) is 24.3 Å². The summed E-state index contributed by atoms with van der Waals surface area (Å²) in [6.45, 7) is 0. The molecule has 3 nitrogen and oxygen atoms in total. The van der Waals surface area contributed by atoms with Gasteiger partial charge in [0.25, 0.3) is 5.91 Å². The molecule has 142 valence electrons. The Morgan fingerprint density at radius 1 is 1.00 bits per heavy atom. The van der Waals surface area contributed by atoms with Crippen molar-refractivity contribution in [1.29, 1.82) is 0 Å². The number of carbonyl (C=O) groups is 1. The minimum atomic E-state index is -4.51. The number of hydrogen-bond donors (Lipinski definition) is 2. The number of alkyl halides is 3. The molecule has 3 N–H and O–H groups in total. The van der Waals surface area contributed by atoms with Crippen molar-refractivity contribution < 1.29 is 18.0 Å². The van der Waals surface area contributed by atoms with Crippen LogP contribution in [0.4, 0.5) is 24.5 Å². The van der Waals surface area contributed by atoms with Crippen LogP contribution in [0, 0.1) is 0 Å². The predicted octanol–water partition coefficient (Wildman–Crippen LogP) is 5.60. The fraction of sp³-hybridized carbons (Fsp3) is 0.0952. The van der Waals surface area contributed by atoms with Crippen LogP contribution in [0.1, 0.15) is 27.0 Å². The van der Waals surface area contributed by atoms with Gasteiger partial charge in [-0.05, 0) is 47.5 Å². The van der Waals surface area contributed by atoms with Crippen molar-refractivity contribution in [3.63, 3.8) is 0 Å². The van der Waals surface area contributed by atoms with Crippen LogP contribution in [0.5, 0.6) is 0 Å². The van der Waals surface area contributed by atoms with Gasteiger partial charge in [0.2, 0.25) is 0 Å². The fourth-order valence-corrected chi connectivity index (χ4v) is 4.27. The van der Waals surface area contributed by atoms with Crippen LogP contribution < -0.4 is 11.1 Å². The van der Waals surface area contributed by atoms with E-state index in [0.717, 1.165) is 22.6 Å². The van der Waals surface area contributed by atoms with Gasteiger partial charge in [-0.3, -0.25) is 4.79 Å². The molecule has 3 aromatic rings. The fourth-order valence-electron chi connectivity index (χ4n) is 3.13. The summed E-state index contributed by atoms with van der Waals surface area (Å²) in [6.07, 6.45) is -4.06. The van der Waals surface area contributed by atoms with Crippen LogP contribution >= 0.6 is 11.8 Å². The Morgan fingerprint density at radius 2 is 1.79 bits per heavy atom. The molecule has 3 aromatic carbocycles. The average Bonchev–Trinajstić information content (AvgIpc) is 2.65. The van der Waals surface area contributed by atoms with Gasteiger partial charge in [-0.1, -0.05) is 36.0 Å². The van der Waals surface area contributed by atoms with E-state index >= 15 is 0 Å².